The molecule has 122 valence electrons. The van der Waals surface area contributed by atoms with Crippen molar-refractivity contribution < 1.29 is 0 Å². The first-order valence-corrected chi connectivity index (χ1v) is 8.18. The normalized spacial score (nSPS) is 10.4. The number of benzene rings is 2. The Labute approximate surface area is 151 Å². The van der Waals surface area contributed by atoms with Crippen LogP contribution in [0.1, 0.15) is 16.7 Å². The van der Waals surface area contributed by atoms with Crippen LogP contribution in [0.5, 0.6) is 0 Å². The van der Waals surface area contributed by atoms with Gasteiger partial charge in [0.25, 0.3) is 0 Å². The van der Waals surface area contributed by atoms with Crippen molar-refractivity contribution in [2.24, 2.45) is 0 Å². The maximum absolute atomic E-state index is 9.59. The summed E-state index contributed by atoms with van der Waals surface area (Å²) in [5.41, 5.74) is 6.17. The van der Waals surface area contributed by atoms with Gasteiger partial charge in [-0.3, -0.25) is 4.98 Å². The number of rotatable bonds is 2. The van der Waals surface area contributed by atoms with Gasteiger partial charge in [-0.1, -0.05) is 18.2 Å². The molecule has 0 atom stereocenters. The molecule has 0 bridgehead atoms. The van der Waals surface area contributed by atoms with Crippen LogP contribution < -0.4 is 0 Å². The fourth-order valence-corrected chi connectivity index (χ4v) is 3.17. The molecule has 0 spiro atoms. The van der Waals surface area contributed by atoms with Crippen LogP contribution in [0.25, 0.3) is 27.7 Å². The topological polar surface area (TPSA) is 65.4 Å². The molecular formula is C22H14N4. The predicted octanol–water partition coefficient (Wildman–Crippen LogP) is 4.74. The second-order valence-corrected chi connectivity index (χ2v) is 6.11. The minimum atomic E-state index is 0.613. The molecule has 0 N–H and O–H groups in total. The Balaban J connectivity index is 1.94. The van der Waals surface area contributed by atoms with Crippen LogP contribution in [0.2, 0.25) is 0 Å². The molecule has 4 aromatic rings. The lowest BCUT2D eigenvalue weighted by Gasteiger charge is -2.09. The smallest absolute Gasteiger partial charge is 0.101 e. The van der Waals surface area contributed by atoms with Gasteiger partial charge in [0.2, 0.25) is 0 Å². The molecule has 0 unspecified atom stereocenters. The van der Waals surface area contributed by atoms with Crippen molar-refractivity contribution in [2.45, 2.75) is 6.92 Å². The molecule has 0 aliphatic rings. The summed E-state index contributed by atoms with van der Waals surface area (Å²) in [4.78, 5) is 4.21. The van der Waals surface area contributed by atoms with Gasteiger partial charge in [0.15, 0.2) is 0 Å². The number of fused-ring (bicyclic) bond motifs is 1. The SMILES string of the molecule is Cc1ccncc1-n1cc(C#N)c2cc(-c3cccc(C#N)c3)ccc21. The molecule has 26 heavy (non-hydrogen) atoms. The summed E-state index contributed by atoms with van der Waals surface area (Å²) in [6.07, 6.45) is 5.42. The highest BCUT2D eigenvalue weighted by Gasteiger charge is 2.12. The minimum absolute atomic E-state index is 0.613. The highest BCUT2D eigenvalue weighted by atomic mass is 15.0. The largest absolute Gasteiger partial charge is 0.313 e. The van der Waals surface area contributed by atoms with Crippen molar-refractivity contribution in [1.82, 2.24) is 9.55 Å². The Hall–Kier alpha value is -3.89. The second-order valence-electron chi connectivity index (χ2n) is 6.11. The minimum Gasteiger partial charge on any atom is -0.313 e. The van der Waals surface area contributed by atoms with Crippen LogP contribution in [0.15, 0.2) is 67.1 Å². The first-order valence-electron chi connectivity index (χ1n) is 8.18. The molecule has 0 saturated carbocycles. The van der Waals surface area contributed by atoms with Crippen LogP contribution in [0.4, 0.5) is 0 Å². The predicted molar refractivity (Wildman–Crippen MR) is 101 cm³/mol. The van der Waals surface area contributed by atoms with Gasteiger partial charge in [-0.15, -0.1) is 0 Å². The van der Waals surface area contributed by atoms with E-state index in [1.165, 1.54) is 0 Å². The Bertz CT molecular complexity index is 1220. The Morgan fingerprint density at radius 3 is 2.58 bits per heavy atom. The Morgan fingerprint density at radius 2 is 1.81 bits per heavy atom. The van der Waals surface area contributed by atoms with Gasteiger partial charge >= 0.3 is 0 Å². The van der Waals surface area contributed by atoms with Gasteiger partial charge < -0.3 is 4.57 Å². The van der Waals surface area contributed by atoms with Crippen LogP contribution in [0, 0.1) is 29.6 Å². The van der Waals surface area contributed by atoms with Gasteiger partial charge in [-0.05, 0) is 53.9 Å². The number of hydrogen-bond acceptors (Lipinski definition) is 3. The van der Waals surface area contributed by atoms with E-state index in [1.807, 2.05) is 60.2 Å². The van der Waals surface area contributed by atoms with Crippen LogP contribution >= 0.6 is 0 Å². The number of aryl methyl sites for hydroxylation is 1. The average molecular weight is 334 g/mol. The van der Waals surface area contributed by atoms with Crippen molar-refractivity contribution in [3.63, 3.8) is 0 Å². The molecule has 2 aromatic carbocycles. The van der Waals surface area contributed by atoms with E-state index in [2.05, 4.69) is 17.1 Å². The summed E-state index contributed by atoms with van der Waals surface area (Å²) in [6, 6.07) is 19.9. The third-order valence-electron chi connectivity index (χ3n) is 4.52. The van der Waals surface area contributed by atoms with Crippen molar-refractivity contribution in [3.8, 4) is 29.0 Å². The summed E-state index contributed by atoms with van der Waals surface area (Å²) in [7, 11) is 0. The van der Waals surface area contributed by atoms with Crippen molar-refractivity contribution in [3.05, 3.63) is 83.8 Å². The van der Waals surface area contributed by atoms with E-state index >= 15 is 0 Å². The van der Waals surface area contributed by atoms with Gasteiger partial charge in [-0.2, -0.15) is 10.5 Å². The van der Waals surface area contributed by atoms with E-state index < -0.39 is 0 Å². The number of hydrogen-bond donors (Lipinski definition) is 0. The quantitative estimate of drug-likeness (QED) is 0.531. The van der Waals surface area contributed by atoms with E-state index in [1.54, 1.807) is 18.5 Å². The van der Waals surface area contributed by atoms with E-state index in [0.717, 1.165) is 33.3 Å². The molecule has 4 rings (SSSR count). The first-order chi connectivity index (χ1) is 12.7. The highest BCUT2D eigenvalue weighted by molar-refractivity contribution is 5.91. The van der Waals surface area contributed by atoms with Crippen molar-refractivity contribution in [2.75, 3.05) is 0 Å². The van der Waals surface area contributed by atoms with E-state index in [4.69, 9.17) is 5.26 Å². The Kier molecular flexibility index (Phi) is 3.73. The van der Waals surface area contributed by atoms with Gasteiger partial charge in [0.05, 0.1) is 34.6 Å². The van der Waals surface area contributed by atoms with Gasteiger partial charge in [0.1, 0.15) is 6.07 Å². The fourth-order valence-electron chi connectivity index (χ4n) is 3.17. The maximum Gasteiger partial charge on any atom is 0.101 e. The molecule has 4 nitrogen and oxygen atoms in total. The number of pyridine rings is 1. The molecule has 0 aliphatic heterocycles. The standard InChI is InChI=1S/C22H14N4/c1-15-7-8-25-13-22(15)26-14-19(12-24)20-10-18(5-6-21(20)26)17-4-2-3-16(9-17)11-23/h2-10,13-14H,1H3. The molecule has 0 fully saturated rings. The summed E-state index contributed by atoms with van der Waals surface area (Å²) < 4.78 is 2.01. The molecule has 2 heterocycles. The number of aromatic nitrogens is 2. The number of nitriles is 2. The van der Waals surface area contributed by atoms with Crippen LogP contribution in [-0.4, -0.2) is 9.55 Å². The lowest BCUT2D eigenvalue weighted by Crippen LogP contribution is -1.95. The molecule has 2 aromatic heterocycles. The molecule has 0 amide bonds. The third kappa shape index (κ3) is 2.51. The molecule has 0 aliphatic carbocycles. The zero-order valence-electron chi connectivity index (χ0n) is 14.1. The lowest BCUT2D eigenvalue weighted by molar-refractivity contribution is 1.07. The second kappa shape index (κ2) is 6.20. The van der Waals surface area contributed by atoms with Crippen LogP contribution in [-0.2, 0) is 0 Å². The zero-order chi connectivity index (χ0) is 18.1. The summed E-state index contributed by atoms with van der Waals surface area (Å²) in [6.45, 7) is 2.02. The fraction of sp³-hybridized carbons (Fsp3) is 0.0455. The summed E-state index contributed by atoms with van der Waals surface area (Å²) in [5.74, 6) is 0. The summed E-state index contributed by atoms with van der Waals surface area (Å²) in [5, 5.41) is 19.6. The van der Waals surface area contributed by atoms with E-state index in [-0.39, 0.29) is 0 Å². The van der Waals surface area contributed by atoms with Gasteiger partial charge in [0, 0.05) is 17.8 Å². The Morgan fingerprint density at radius 1 is 0.962 bits per heavy atom. The highest BCUT2D eigenvalue weighted by Crippen LogP contribution is 2.30. The molecular weight excluding hydrogens is 320 g/mol. The van der Waals surface area contributed by atoms with E-state index in [0.29, 0.717) is 11.1 Å². The van der Waals surface area contributed by atoms with E-state index in [9.17, 15) is 5.26 Å². The molecule has 0 radical (unpaired) electrons. The molecule has 0 saturated heterocycles. The number of nitrogens with zero attached hydrogens (tertiary/aromatic N) is 4. The first kappa shape index (κ1) is 15.6. The third-order valence-corrected chi connectivity index (χ3v) is 4.52. The zero-order valence-corrected chi connectivity index (χ0v) is 14.1. The molecule has 4 heteroatoms. The van der Waals surface area contributed by atoms with Crippen molar-refractivity contribution in [1.29, 1.82) is 10.5 Å². The maximum atomic E-state index is 9.59. The average Bonchev–Trinajstić information content (AvgIpc) is 3.06. The monoisotopic (exact) mass is 334 g/mol. The van der Waals surface area contributed by atoms with Crippen LogP contribution in [0.3, 0.4) is 0 Å². The lowest BCUT2D eigenvalue weighted by atomic mass is 10.0. The van der Waals surface area contributed by atoms with Gasteiger partial charge in [-0.25, -0.2) is 0 Å². The summed E-state index contributed by atoms with van der Waals surface area (Å²) >= 11 is 0. The van der Waals surface area contributed by atoms with Crippen molar-refractivity contribution >= 4 is 10.9 Å².